The molecule has 1 aromatic heterocycles. The van der Waals surface area contributed by atoms with Crippen molar-refractivity contribution in [3.05, 3.63) is 51.9 Å². The number of para-hydroxylation sites is 1. The number of aromatic nitrogens is 2. The standard InChI is InChI=1S/C15H16N4O3/c1-9-12(13-14(21)17-11(20)8-16-13)15(22)19(18(9)2)10-6-4-3-5-7-10/h3-7,13,16H,8H2,1-2H3,(H,17,20,21). The van der Waals surface area contributed by atoms with Crippen LogP contribution in [0.4, 0.5) is 0 Å². The van der Waals surface area contributed by atoms with Crippen LogP contribution in [0.15, 0.2) is 35.1 Å². The van der Waals surface area contributed by atoms with Gasteiger partial charge in [-0.25, -0.2) is 4.68 Å². The van der Waals surface area contributed by atoms with Gasteiger partial charge in [-0.1, -0.05) is 18.2 Å². The third kappa shape index (κ3) is 2.15. The molecule has 114 valence electrons. The lowest BCUT2D eigenvalue weighted by Gasteiger charge is -2.21. The van der Waals surface area contributed by atoms with Crippen LogP contribution in [0.2, 0.25) is 0 Å². The summed E-state index contributed by atoms with van der Waals surface area (Å²) < 4.78 is 3.22. The monoisotopic (exact) mass is 300 g/mol. The number of hydrogen-bond acceptors (Lipinski definition) is 4. The van der Waals surface area contributed by atoms with E-state index in [0.29, 0.717) is 11.3 Å². The minimum atomic E-state index is -0.818. The Morgan fingerprint density at radius 2 is 1.82 bits per heavy atom. The number of benzene rings is 1. The minimum Gasteiger partial charge on any atom is -0.294 e. The minimum absolute atomic E-state index is 0.00944. The number of rotatable bonds is 2. The van der Waals surface area contributed by atoms with Crippen LogP contribution in [-0.4, -0.2) is 27.7 Å². The van der Waals surface area contributed by atoms with Gasteiger partial charge in [0.25, 0.3) is 5.56 Å². The maximum atomic E-state index is 12.8. The molecular weight excluding hydrogens is 284 g/mol. The quantitative estimate of drug-likeness (QED) is 0.750. The van der Waals surface area contributed by atoms with Gasteiger partial charge in [-0.3, -0.25) is 29.7 Å². The van der Waals surface area contributed by atoms with Gasteiger partial charge in [-0.2, -0.15) is 0 Å². The van der Waals surface area contributed by atoms with Gasteiger partial charge in [0.05, 0.1) is 17.8 Å². The van der Waals surface area contributed by atoms with Crippen LogP contribution in [0.5, 0.6) is 0 Å². The van der Waals surface area contributed by atoms with Crippen molar-refractivity contribution < 1.29 is 9.59 Å². The zero-order chi connectivity index (χ0) is 15.9. The number of nitrogens with zero attached hydrogens (tertiary/aromatic N) is 2. The van der Waals surface area contributed by atoms with Gasteiger partial charge >= 0.3 is 0 Å². The third-order valence-electron chi connectivity index (χ3n) is 3.88. The molecule has 1 atom stereocenters. The summed E-state index contributed by atoms with van der Waals surface area (Å²) in [5.41, 5.74) is 1.48. The molecule has 2 N–H and O–H groups in total. The Bertz CT molecular complexity index is 804. The lowest BCUT2D eigenvalue weighted by atomic mass is 10.1. The fourth-order valence-electron chi connectivity index (χ4n) is 2.70. The van der Waals surface area contributed by atoms with E-state index < -0.39 is 17.9 Å². The van der Waals surface area contributed by atoms with Crippen LogP contribution < -0.4 is 16.2 Å². The van der Waals surface area contributed by atoms with Crippen molar-refractivity contribution in [1.82, 2.24) is 20.0 Å². The number of nitrogens with one attached hydrogen (secondary N) is 2. The summed E-state index contributed by atoms with van der Waals surface area (Å²) in [6.45, 7) is 1.79. The Balaban J connectivity index is 2.13. The first-order valence-corrected chi connectivity index (χ1v) is 6.91. The number of carbonyl (C=O) groups excluding carboxylic acids is 2. The maximum Gasteiger partial charge on any atom is 0.276 e. The van der Waals surface area contributed by atoms with Crippen molar-refractivity contribution in [2.24, 2.45) is 7.05 Å². The molecule has 1 aromatic carbocycles. The molecule has 7 nitrogen and oxygen atoms in total. The van der Waals surface area contributed by atoms with Crippen molar-refractivity contribution in [2.45, 2.75) is 13.0 Å². The molecule has 1 unspecified atom stereocenters. The fraction of sp³-hybridized carbons (Fsp3) is 0.267. The van der Waals surface area contributed by atoms with Crippen LogP contribution in [-0.2, 0) is 16.6 Å². The third-order valence-corrected chi connectivity index (χ3v) is 3.88. The summed E-state index contributed by atoms with van der Waals surface area (Å²) in [6.07, 6.45) is 0. The first-order valence-electron chi connectivity index (χ1n) is 6.91. The molecule has 0 radical (unpaired) electrons. The van der Waals surface area contributed by atoms with E-state index in [1.165, 1.54) is 4.68 Å². The highest BCUT2D eigenvalue weighted by Crippen LogP contribution is 2.18. The summed E-state index contributed by atoms with van der Waals surface area (Å²) in [5.74, 6) is -0.888. The molecule has 1 aliphatic rings. The molecule has 0 bridgehead atoms. The van der Waals surface area contributed by atoms with E-state index in [1.54, 1.807) is 18.7 Å². The first kappa shape index (κ1) is 14.3. The molecule has 1 saturated heterocycles. The summed E-state index contributed by atoms with van der Waals surface area (Å²) in [7, 11) is 1.76. The molecule has 22 heavy (non-hydrogen) atoms. The Kier molecular flexibility index (Phi) is 3.42. The normalized spacial score (nSPS) is 18.4. The van der Waals surface area contributed by atoms with Gasteiger partial charge in [-0.05, 0) is 19.1 Å². The highest BCUT2D eigenvalue weighted by atomic mass is 16.2. The molecule has 2 amide bonds. The number of hydrogen-bond donors (Lipinski definition) is 2. The van der Waals surface area contributed by atoms with Crippen molar-refractivity contribution in [2.75, 3.05) is 6.54 Å². The molecule has 0 saturated carbocycles. The van der Waals surface area contributed by atoms with Crippen LogP contribution in [0.1, 0.15) is 17.3 Å². The van der Waals surface area contributed by atoms with Crippen LogP contribution in [0.3, 0.4) is 0 Å². The van der Waals surface area contributed by atoms with E-state index in [-0.39, 0.29) is 12.1 Å². The average Bonchev–Trinajstić information content (AvgIpc) is 2.71. The van der Waals surface area contributed by atoms with Crippen molar-refractivity contribution in [3.63, 3.8) is 0 Å². The predicted molar refractivity (Wildman–Crippen MR) is 79.6 cm³/mol. The second-order valence-corrected chi connectivity index (χ2v) is 5.20. The molecular formula is C15H16N4O3. The molecule has 1 aliphatic heterocycles. The van der Waals surface area contributed by atoms with E-state index in [1.807, 2.05) is 30.3 Å². The van der Waals surface area contributed by atoms with Gasteiger partial charge < -0.3 is 0 Å². The van der Waals surface area contributed by atoms with Gasteiger partial charge in [0.1, 0.15) is 6.04 Å². The average molecular weight is 300 g/mol. The second kappa shape index (κ2) is 5.27. The topological polar surface area (TPSA) is 85.1 Å². The highest BCUT2D eigenvalue weighted by molar-refractivity contribution is 6.01. The van der Waals surface area contributed by atoms with E-state index in [2.05, 4.69) is 10.6 Å². The van der Waals surface area contributed by atoms with E-state index in [0.717, 1.165) is 5.69 Å². The zero-order valence-electron chi connectivity index (χ0n) is 12.3. The first-order chi connectivity index (χ1) is 10.5. The van der Waals surface area contributed by atoms with Crippen molar-refractivity contribution in [1.29, 1.82) is 0 Å². The Hall–Kier alpha value is -2.67. The van der Waals surface area contributed by atoms with Gasteiger partial charge in [0.15, 0.2) is 0 Å². The summed E-state index contributed by atoms with van der Waals surface area (Å²) in [5, 5.41) is 5.07. The SMILES string of the molecule is Cc1c(C2NCC(=O)NC2=O)c(=O)n(-c2ccccc2)n1C. The van der Waals surface area contributed by atoms with Gasteiger partial charge in [-0.15, -0.1) is 0 Å². The van der Waals surface area contributed by atoms with Crippen LogP contribution in [0, 0.1) is 6.92 Å². The number of piperazine rings is 1. The fourth-order valence-corrected chi connectivity index (χ4v) is 2.70. The van der Waals surface area contributed by atoms with Crippen LogP contribution >= 0.6 is 0 Å². The molecule has 7 heteroatoms. The molecule has 2 heterocycles. The predicted octanol–water partition coefficient (Wildman–Crippen LogP) is -0.228. The maximum absolute atomic E-state index is 12.8. The Morgan fingerprint density at radius 3 is 2.45 bits per heavy atom. The Morgan fingerprint density at radius 1 is 1.14 bits per heavy atom. The van der Waals surface area contributed by atoms with E-state index >= 15 is 0 Å². The van der Waals surface area contributed by atoms with Gasteiger partial charge in [0.2, 0.25) is 11.8 Å². The van der Waals surface area contributed by atoms with E-state index in [4.69, 9.17) is 0 Å². The lowest BCUT2D eigenvalue weighted by molar-refractivity contribution is -0.134. The lowest BCUT2D eigenvalue weighted by Crippen LogP contribution is -2.52. The molecule has 3 rings (SSSR count). The van der Waals surface area contributed by atoms with Crippen LogP contribution in [0.25, 0.3) is 5.69 Å². The highest BCUT2D eigenvalue weighted by Gasteiger charge is 2.33. The van der Waals surface area contributed by atoms with Crippen molar-refractivity contribution >= 4 is 11.8 Å². The number of imide groups is 1. The summed E-state index contributed by atoms with van der Waals surface area (Å²) in [6, 6.07) is 8.38. The number of amides is 2. The zero-order valence-corrected chi connectivity index (χ0v) is 12.3. The smallest absolute Gasteiger partial charge is 0.276 e. The number of carbonyl (C=O) groups is 2. The molecule has 1 fully saturated rings. The molecule has 0 aliphatic carbocycles. The molecule has 2 aromatic rings. The second-order valence-electron chi connectivity index (χ2n) is 5.20. The van der Waals surface area contributed by atoms with Gasteiger partial charge in [0, 0.05) is 12.7 Å². The summed E-state index contributed by atoms with van der Waals surface area (Å²) in [4.78, 5) is 36.0. The van der Waals surface area contributed by atoms with Crippen molar-refractivity contribution in [3.8, 4) is 5.69 Å². The largest absolute Gasteiger partial charge is 0.294 e. The molecule has 0 spiro atoms. The summed E-state index contributed by atoms with van der Waals surface area (Å²) >= 11 is 0. The van der Waals surface area contributed by atoms with E-state index in [9.17, 15) is 14.4 Å². The Labute approximate surface area is 126 Å².